The van der Waals surface area contributed by atoms with Gasteiger partial charge < -0.3 is 20.5 Å². The number of rotatable bonds is 3. The molecule has 6 nitrogen and oxygen atoms in total. The van der Waals surface area contributed by atoms with E-state index in [4.69, 9.17) is 15.7 Å². The Kier molecular flexibility index (Phi) is 3.88. The lowest BCUT2D eigenvalue weighted by Crippen LogP contribution is -2.46. The molecule has 0 radical (unpaired) electrons. The molecule has 19 heavy (non-hydrogen) atoms. The standard InChI is InChI=1S/C13H18N4O2/c1-17(9-13(18)2-4-19-5-3-13)12-11(15)6-10(7-14)8-16-12/h6,8,18H,2-5,9,15H2,1H3. The summed E-state index contributed by atoms with van der Waals surface area (Å²) in [4.78, 5) is 6.00. The average molecular weight is 262 g/mol. The Balaban J connectivity index is 2.11. The molecule has 0 amide bonds. The van der Waals surface area contributed by atoms with Crippen LogP contribution in [0.3, 0.4) is 0 Å². The number of nitriles is 1. The highest BCUT2D eigenvalue weighted by Gasteiger charge is 2.31. The Hall–Kier alpha value is -1.84. The zero-order valence-corrected chi connectivity index (χ0v) is 11.0. The second kappa shape index (κ2) is 5.43. The Morgan fingerprint density at radius 1 is 1.58 bits per heavy atom. The van der Waals surface area contributed by atoms with Crippen LogP contribution in [0, 0.1) is 11.3 Å². The van der Waals surface area contributed by atoms with Crippen LogP contribution in [0.1, 0.15) is 18.4 Å². The summed E-state index contributed by atoms with van der Waals surface area (Å²) in [5.41, 5.74) is 5.99. The molecule has 1 saturated heterocycles. The molecule has 0 aromatic carbocycles. The molecule has 6 heteroatoms. The summed E-state index contributed by atoms with van der Waals surface area (Å²) in [6.07, 6.45) is 2.69. The van der Waals surface area contributed by atoms with E-state index in [0.717, 1.165) is 0 Å². The first-order valence-corrected chi connectivity index (χ1v) is 6.21. The largest absolute Gasteiger partial charge is 0.396 e. The predicted octanol–water partition coefficient (Wildman–Crippen LogP) is 0.513. The number of nitrogen functional groups attached to an aromatic ring is 1. The number of likely N-dealkylation sites (N-methyl/N-ethyl adjacent to an activating group) is 1. The highest BCUT2D eigenvalue weighted by atomic mass is 16.5. The van der Waals surface area contributed by atoms with E-state index in [1.165, 1.54) is 6.20 Å². The number of ether oxygens (including phenoxy) is 1. The molecule has 2 rings (SSSR count). The summed E-state index contributed by atoms with van der Waals surface area (Å²) < 4.78 is 5.25. The zero-order valence-electron chi connectivity index (χ0n) is 11.0. The van der Waals surface area contributed by atoms with Crippen molar-refractivity contribution in [3.05, 3.63) is 17.8 Å². The third kappa shape index (κ3) is 3.13. The van der Waals surface area contributed by atoms with Crippen molar-refractivity contribution in [3.63, 3.8) is 0 Å². The third-order valence-corrected chi connectivity index (χ3v) is 3.34. The zero-order chi connectivity index (χ0) is 13.9. The molecule has 0 aliphatic carbocycles. The molecule has 3 N–H and O–H groups in total. The van der Waals surface area contributed by atoms with Gasteiger partial charge in [-0.2, -0.15) is 5.26 Å². The van der Waals surface area contributed by atoms with E-state index in [1.54, 1.807) is 6.07 Å². The van der Waals surface area contributed by atoms with Gasteiger partial charge in [-0.1, -0.05) is 0 Å². The second-order valence-electron chi connectivity index (χ2n) is 4.94. The summed E-state index contributed by atoms with van der Waals surface area (Å²) in [5, 5.41) is 19.2. The molecule has 1 aliphatic rings. The van der Waals surface area contributed by atoms with Crippen molar-refractivity contribution in [2.24, 2.45) is 0 Å². The minimum Gasteiger partial charge on any atom is -0.396 e. The van der Waals surface area contributed by atoms with Crippen molar-refractivity contribution in [3.8, 4) is 6.07 Å². The lowest BCUT2D eigenvalue weighted by Gasteiger charge is -2.36. The molecule has 1 aliphatic heterocycles. The molecule has 1 fully saturated rings. The highest BCUT2D eigenvalue weighted by molar-refractivity contribution is 5.64. The number of nitrogens with two attached hydrogens (primary N) is 1. The number of anilines is 2. The van der Waals surface area contributed by atoms with Gasteiger partial charge in [-0.3, -0.25) is 0 Å². The first-order chi connectivity index (χ1) is 9.04. The van der Waals surface area contributed by atoms with Gasteiger partial charge in [0.25, 0.3) is 0 Å². The molecule has 2 heterocycles. The van der Waals surface area contributed by atoms with Crippen LogP contribution in [-0.2, 0) is 4.74 Å². The van der Waals surface area contributed by atoms with Gasteiger partial charge in [0, 0.05) is 45.8 Å². The molecule has 1 aromatic heterocycles. The number of pyridine rings is 1. The molecule has 0 atom stereocenters. The Bertz CT molecular complexity index is 492. The van der Waals surface area contributed by atoms with E-state index in [0.29, 0.717) is 49.7 Å². The van der Waals surface area contributed by atoms with Gasteiger partial charge >= 0.3 is 0 Å². The summed E-state index contributed by atoms with van der Waals surface area (Å²) in [6, 6.07) is 3.59. The van der Waals surface area contributed by atoms with Crippen molar-refractivity contribution in [2.45, 2.75) is 18.4 Å². The van der Waals surface area contributed by atoms with Crippen molar-refractivity contribution in [1.82, 2.24) is 4.98 Å². The molecule has 0 unspecified atom stereocenters. The lowest BCUT2D eigenvalue weighted by atomic mass is 9.94. The number of hydrogen-bond acceptors (Lipinski definition) is 6. The van der Waals surface area contributed by atoms with Gasteiger partial charge in [0.2, 0.25) is 0 Å². The molecular weight excluding hydrogens is 244 g/mol. The van der Waals surface area contributed by atoms with Crippen molar-refractivity contribution in [2.75, 3.05) is 37.4 Å². The van der Waals surface area contributed by atoms with Gasteiger partial charge in [0.1, 0.15) is 6.07 Å². The maximum absolute atomic E-state index is 10.5. The normalized spacial score (nSPS) is 17.7. The van der Waals surface area contributed by atoms with Gasteiger partial charge in [-0.05, 0) is 6.07 Å². The van der Waals surface area contributed by atoms with Crippen LogP contribution in [-0.4, -0.2) is 42.5 Å². The Morgan fingerprint density at radius 2 is 2.26 bits per heavy atom. The first kappa shape index (κ1) is 13.6. The van der Waals surface area contributed by atoms with Crippen LogP contribution in [0.2, 0.25) is 0 Å². The molecule has 0 saturated carbocycles. The van der Waals surface area contributed by atoms with Gasteiger partial charge in [0.15, 0.2) is 5.82 Å². The number of nitrogens with zero attached hydrogens (tertiary/aromatic N) is 3. The van der Waals surface area contributed by atoms with E-state index in [1.807, 2.05) is 18.0 Å². The van der Waals surface area contributed by atoms with Crippen LogP contribution in [0.5, 0.6) is 0 Å². The minimum atomic E-state index is -0.769. The highest BCUT2D eigenvalue weighted by Crippen LogP contribution is 2.26. The van der Waals surface area contributed by atoms with Crippen LogP contribution >= 0.6 is 0 Å². The summed E-state index contributed by atoms with van der Waals surface area (Å²) >= 11 is 0. The predicted molar refractivity (Wildman–Crippen MR) is 71.6 cm³/mol. The third-order valence-electron chi connectivity index (χ3n) is 3.34. The molecule has 0 bridgehead atoms. The van der Waals surface area contributed by atoms with E-state index < -0.39 is 5.60 Å². The van der Waals surface area contributed by atoms with Crippen LogP contribution < -0.4 is 10.6 Å². The summed E-state index contributed by atoms with van der Waals surface area (Å²) in [6.45, 7) is 1.58. The smallest absolute Gasteiger partial charge is 0.151 e. The molecular formula is C13H18N4O2. The Morgan fingerprint density at radius 3 is 2.84 bits per heavy atom. The fourth-order valence-corrected chi connectivity index (χ4v) is 2.28. The van der Waals surface area contributed by atoms with Gasteiger partial charge in [0.05, 0.1) is 16.9 Å². The number of hydrogen-bond donors (Lipinski definition) is 2. The molecule has 0 spiro atoms. The molecule has 1 aromatic rings. The van der Waals surface area contributed by atoms with E-state index in [9.17, 15) is 5.11 Å². The monoisotopic (exact) mass is 262 g/mol. The van der Waals surface area contributed by atoms with E-state index >= 15 is 0 Å². The van der Waals surface area contributed by atoms with Crippen LogP contribution in [0.4, 0.5) is 11.5 Å². The maximum atomic E-state index is 10.5. The van der Waals surface area contributed by atoms with Crippen LogP contribution in [0.25, 0.3) is 0 Å². The first-order valence-electron chi connectivity index (χ1n) is 6.21. The number of aliphatic hydroxyl groups is 1. The van der Waals surface area contributed by atoms with E-state index in [-0.39, 0.29) is 0 Å². The van der Waals surface area contributed by atoms with E-state index in [2.05, 4.69) is 4.98 Å². The summed E-state index contributed by atoms with van der Waals surface area (Å²) in [5.74, 6) is 0.582. The molecule has 102 valence electrons. The van der Waals surface area contributed by atoms with Crippen LogP contribution in [0.15, 0.2) is 12.3 Å². The van der Waals surface area contributed by atoms with Crippen molar-refractivity contribution >= 4 is 11.5 Å². The SMILES string of the molecule is CN(CC1(O)CCOCC1)c1ncc(C#N)cc1N. The van der Waals surface area contributed by atoms with Crippen molar-refractivity contribution in [1.29, 1.82) is 5.26 Å². The van der Waals surface area contributed by atoms with Crippen molar-refractivity contribution < 1.29 is 9.84 Å². The van der Waals surface area contributed by atoms with Gasteiger partial charge in [-0.15, -0.1) is 0 Å². The maximum Gasteiger partial charge on any atom is 0.151 e. The van der Waals surface area contributed by atoms with Gasteiger partial charge in [-0.25, -0.2) is 4.98 Å². The fourth-order valence-electron chi connectivity index (χ4n) is 2.28. The Labute approximate surface area is 112 Å². The number of aromatic nitrogens is 1. The topological polar surface area (TPSA) is 95.4 Å². The lowest BCUT2D eigenvalue weighted by molar-refractivity contribution is -0.0573. The minimum absolute atomic E-state index is 0.430. The fraction of sp³-hybridized carbons (Fsp3) is 0.538. The quantitative estimate of drug-likeness (QED) is 0.824. The second-order valence-corrected chi connectivity index (χ2v) is 4.94. The average Bonchev–Trinajstić information content (AvgIpc) is 2.38. The summed E-state index contributed by atoms with van der Waals surface area (Å²) in [7, 11) is 1.83.